The second-order valence-electron chi connectivity index (χ2n) is 7.22. The number of aliphatic imine (C=N–C) groups is 1. The lowest BCUT2D eigenvalue weighted by molar-refractivity contribution is 0.321. The predicted octanol–water partition coefficient (Wildman–Crippen LogP) is 3.83. The number of piperidine rings is 1. The van der Waals surface area contributed by atoms with Gasteiger partial charge in [-0.1, -0.05) is 0 Å². The quantitative estimate of drug-likeness (QED) is 0.219. The predicted molar refractivity (Wildman–Crippen MR) is 137 cm³/mol. The molecule has 1 fully saturated rings. The number of hydrogen-bond acceptors (Lipinski definition) is 5. The summed E-state index contributed by atoms with van der Waals surface area (Å²) in [4.78, 5) is 11.6. The molecular formula is C23H34IN5O2. The van der Waals surface area contributed by atoms with Gasteiger partial charge in [-0.05, 0) is 68.1 Å². The van der Waals surface area contributed by atoms with Crippen molar-refractivity contribution in [3.05, 3.63) is 48.2 Å². The molecule has 0 saturated carbocycles. The lowest BCUT2D eigenvalue weighted by atomic mass is 10.1. The molecule has 2 aromatic rings. The number of halogens is 1. The number of ether oxygens (including phenoxy) is 2. The molecule has 0 radical (unpaired) electrons. The van der Waals surface area contributed by atoms with Crippen molar-refractivity contribution in [2.45, 2.75) is 32.7 Å². The van der Waals surface area contributed by atoms with Gasteiger partial charge in [-0.2, -0.15) is 0 Å². The molecule has 2 N–H and O–H groups in total. The van der Waals surface area contributed by atoms with E-state index in [0.29, 0.717) is 19.7 Å². The summed E-state index contributed by atoms with van der Waals surface area (Å²) in [5.41, 5.74) is 1.16. The van der Waals surface area contributed by atoms with E-state index < -0.39 is 0 Å². The first-order valence-electron chi connectivity index (χ1n) is 10.8. The third-order valence-corrected chi connectivity index (χ3v) is 4.98. The number of rotatable bonds is 9. The summed E-state index contributed by atoms with van der Waals surface area (Å²) >= 11 is 0. The molecule has 0 bridgehead atoms. The highest BCUT2D eigenvalue weighted by Crippen LogP contribution is 2.19. The molecule has 7 nitrogen and oxygen atoms in total. The van der Waals surface area contributed by atoms with Crippen LogP contribution in [0.4, 0.5) is 5.82 Å². The molecule has 8 heteroatoms. The van der Waals surface area contributed by atoms with Gasteiger partial charge in [0.15, 0.2) is 5.96 Å². The summed E-state index contributed by atoms with van der Waals surface area (Å²) in [5, 5.41) is 6.61. The van der Waals surface area contributed by atoms with Crippen LogP contribution < -0.4 is 25.0 Å². The molecular weight excluding hydrogens is 505 g/mol. The maximum absolute atomic E-state index is 5.77. The Balaban J connectivity index is 0.00000341. The summed E-state index contributed by atoms with van der Waals surface area (Å²) < 4.78 is 10.9. The van der Waals surface area contributed by atoms with E-state index in [1.54, 1.807) is 7.11 Å². The van der Waals surface area contributed by atoms with Crippen LogP contribution in [0, 0.1) is 0 Å². The summed E-state index contributed by atoms with van der Waals surface area (Å²) in [6.07, 6.45) is 5.70. The number of methoxy groups -OCH3 is 1. The second kappa shape index (κ2) is 14.0. The summed E-state index contributed by atoms with van der Waals surface area (Å²) in [7, 11) is 1.65. The van der Waals surface area contributed by atoms with Crippen molar-refractivity contribution in [1.82, 2.24) is 15.6 Å². The molecule has 1 aromatic heterocycles. The number of anilines is 1. The average molecular weight is 539 g/mol. The van der Waals surface area contributed by atoms with Crippen LogP contribution in [0.1, 0.15) is 31.7 Å². The number of nitrogens with zero attached hydrogens (tertiary/aromatic N) is 3. The lowest BCUT2D eigenvalue weighted by Crippen LogP contribution is -2.39. The SMILES string of the molecule is CCNC(=NCc1ccnc(N2CCCCC2)c1)NCCOc1ccc(OC)cc1.I. The van der Waals surface area contributed by atoms with E-state index in [2.05, 4.69) is 33.5 Å². The zero-order valence-electron chi connectivity index (χ0n) is 18.5. The van der Waals surface area contributed by atoms with Crippen molar-refractivity contribution in [3.63, 3.8) is 0 Å². The Morgan fingerprint density at radius 1 is 1.06 bits per heavy atom. The number of guanidine groups is 1. The Morgan fingerprint density at radius 3 is 2.52 bits per heavy atom. The van der Waals surface area contributed by atoms with Crippen LogP contribution in [-0.2, 0) is 6.54 Å². The van der Waals surface area contributed by atoms with Gasteiger partial charge >= 0.3 is 0 Å². The number of aromatic nitrogens is 1. The van der Waals surface area contributed by atoms with Crippen molar-refractivity contribution in [2.75, 3.05) is 44.8 Å². The van der Waals surface area contributed by atoms with E-state index in [4.69, 9.17) is 14.5 Å². The average Bonchev–Trinajstić information content (AvgIpc) is 2.81. The highest BCUT2D eigenvalue weighted by molar-refractivity contribution is 14.0. The highest BCUT2D eigenvalue weighted by Gasteiger charge is 2.12. The number of benzene rings is 1. The molecule has 2 heterocycles. The maximum Gasteiger partial charge on any atom is 0.191 e. The van der Waals surface area contributed by atoms with Gasteiger partial charge in [0.25, 0.3) is 0 Å². The van der Waals surface area contributed by atoms with E-state index in [1.165, 1.54) is 19.3 Å². The Kier molecular flexibility index (Phi) is 11.3. The van der Waals surface area contributed by atoms with Crippen LogP contribution in [0.25, 0.3) is 0 Å². The molecule has 0 aliphatic carbocycles. The third-order valence-electron chi connectivity index (χ3n) is 4.98. The summed E-state index contributed by atoms with van der Waals surface area (Å²) in [6.45, 7) is 6.87. The molecule has 170 valence electrons. The first-order valence-corrected chi connectivity index (χ1v) is 10.8. The van der Waals surface area contributed by atoms with E-state index in [1.807, 2.05) is 36.5 Å². The van der Waals surface area contributed by atoms with Gasteiger partial charge in [0.05, 0.1) is 20.2 Å². The Hall–Kier alpha value is -2.23. The van der Waals surface area contributed by atoms with Crippen molar-refractivity contribution in [3.8, 4) is 11.5 Å². The molecule has 0 spiro atoms. The minimum absolute atomic E-state index is 0. The van der Waals surface area contributed by atoms with Crippen LogP contribution in [0.5, 0.6) is 11.5 Å². The van der Waals surface area contributed by atoms with Gasteiger partial charge in [0, 0.05) is 25.8 Å². The molecule has 0 unspecified atom stereocenters. The molecule has 31 heavy (non-hydrogen) atoms. The molecule has 1 saturated heterocycles. The fraction of sp³-hybridized carbons (Fsp3) is 0.478. The zero-order chi connectivity index (χ0) is 21.0. The molecule has 1 aromatic carbocycles. The van der Waals surface area contributed by atoms with Gasteiger partial charge in [-0.15, -0.1) is 24.0 Å². The van der Waals surface area contributed by atoms with E-state index in [9.17, 15) is 0 Å². The Morgan fingerprint density at radius 2 is 1.81 bits per heavy atom. The van der Waals surface area contributed by atoms with E-state index in [0.717, 1.165) is 48.5 Å². The normalized spacial score (nSPS) is 13.9. The molecule has 0 amide bonds. The van der Waals surface area contributed by atoms with Crippen molar-refractivity contribution >= 4 is 35.8 Å². The van der Waals surface area contributed by atoms with Crippen LogP contribution in [-0.4, -0.2) is 50.8 Å². The minimum Gasteiger partial charge on any atom is -0.497 e. The topological polar surface area (TPSA) is 71.0 Å². The number of hydrogen-bond donors (Lipinski definition) is 2. The fourth-order valence-corrected chi connectivity index (χ4v) is 3.38. The van der Waals surface area contributed by atoms with Gasteiger partial charge in [0.2, 0.25) is 0 Å². The molecule has 3 rings (SSSR count). The third kappa shape index (κ3) is 8.43. The second-order valence-corrected chi connectivity index (χ2v) is 7.22. The summed E-state index contributed by atoms with van der Waals surface area (Å²) in [6, 6.07) is 11.8. The van der Waals surface area contributed by atoms with Gasteiger partial charge in [-0.3, -0.25) is 0 Å². The lowest BCUT2D eigenvalue weighted by Gasteiger charge is -2.27. The Bertz CT molecular complexity index is 795. The zero-order valence-corrected chi connectivity index (χ0v) is 20.8. The minimum atomic E-state index is 0. The van der Waals surface area contributed by atoms with Crippen molar-refractivity contribution in [1.29, 1.82) is 0 Å². The van der Waals surface area contributed by atoms with Crippen LogP contribution in [0.3, 0.4) is 0 Å². The largest absolute Gasteiger partial charge is 0.497 e. The standard InChI is InChI=1S/C23H33N5O2.HI/c1-3-24-23(26-13-16-30-21-9-7-20(29-2)8-10-21)27-18-19-11-12-25-22(17-19)28-14-5-4-6-15-28;/h7-12,17H,3-6,13-16,18H2,1-2H3,(H2,24,26,27);1H. The van der Waals surface area contributed by atoms with E-state index in [-0.39, 0.29) is 24.0 Å². The Labute approximate surface area is 202 Å². The molecule has 1 aliphatic rings. The van der Waals surface area contributed by atoms with Crippen molar-refractivity contribution in [2.24, 2.45) is 4.99 Å². The first kappa shape index (κ1) is 25.0. The molecule has 0 atom stereocenters. The first-order chi connectivity index (χ1) is 14.8. The van der Waals surface area contributed by atoms with Gasteiger partial charge in [-0.25, -0.2) is 9.98 Å². The summed E-state index contributed by atoms with van der Waals surface area (Å²) in [5.74, 6) is 3.49. The number of nitrogens with one attached hydrogen (secondary N) is 2. The monoisotopic (exact) mass is 539 g/mol. The van der Waals surface area contributed by atoms with Crippen LogP contribution >= 0.6 is 24.0 Å². The van der Waals surface area contributed by atoms with E-state index >= 15 is 0 Å². The van der Waals surface area contributed by atoms with Crippen molar-refractivity contribution < 1.29 is 9.47 Å². The smallest absolute Gasteiger partial charge is 0.191 e. The van der Waals surface area contributed by atoms with Gasteiger partial charge in [0.1, 0.15) is 23.9 Å². The number of pyridine rings is 1. The molecule has 1 aliphatic heterocycles. The van der Waals surface area contributed by atoms with Gasteiger partial charge < -0.3 is 25.0 Å². The van der Waals surface area contributed by atoms with Crippen LogP contribution in [0.15, 0.2) is 47.6 Å². The van der Waals surface area contributed by atoms with Crippen LogP contribution in [0.2, 0.25) is 0 Å². The maximum atomic E-state index is 5.77. The highest BCUT2D eigenvalue weighted by atomic mass is 127. The fourth-order valence-electron chi connectivity index (χ4n) is 3.38.